The molecule has 5 nitrogen and oxygen atoms in total. The molecule has 0 aromatic carbocycles. The monoisotopic (exact) mass is 191 g/mol. The second kappa shape index (κ2) is 3.10. The fourth-order valence-electron chi connectivity index (χ4n) is 1.41. The molecular weight excluding hydrogens is 182 g/mol. The van der Waals surface area contributed by atoms with E-state index in [1.807, 2.05) is 6.92 Å². The Kier molecular flexibility index (Phi) is 1.92. The molecular formula is C9H9N3O2. The van der Waals surface area contributed by atoms with Crippen LogP contribution in [0, 0.1) is 0 Å². The van der Waals surface area contributed by atoms with E-state index in [4.69, 9.17) is 0 Å². The maximum Gasteiger partial charge on any atom is 0.329 e. The minimum Gasteiger partial charge on any atom is -0.278 e. The fourth-order valence-corrected chi connectivity index (χ4v) is 1.41. The zero-order chi connectivity index (χ0) is 10.1. The van der Waals surface area contributed by atoms with Crippen LogP contribution in [-0.2, 0) is 6.54 Å². The standard InChI is InChI=1S/C9H9N3O2/c1-2-12-7-6(4-3-5-10-7)8(13)11-9(12)14/h3-5H,2H2,1H3,(H,11,13,14). The molecule has 14 heavy (non-hydrogen) atoms. The summed E-state index contributed by atoms with van der Waals surface area (Å²) in [5.41, 5.74) is -0.366. The first-order valence-corrected chi connectivity index (χ1v) is 4.32. The number of aromatic amines is 1. The smallest absolute Gasteiger partial charge is 0.278 e. The summed E-state index contributed by atoms with van der Waals surface area (Å²) in [6.45, 7) is 2.32. The van der Waals surface area contributed by atoms with Crippen LogP contribution in [0.4, 0.5) is 0 Å². The highest BCUT2D eigenvalue weighted by Gasteiger charge is 2.05. The van der Waals surface area contributed by atoms with Crippen molar-refractivity contribution in [2.45, 2.75) is 13.5 Å². The quantitative estimate of drug-likeness (QED) is 0.695. The lowest BCUT2D eigenvalue weighted by molar-refractivity contribution is 0.718. The summed E-state index contributed by atoms with van der Waals surface area (Å²) < 4.78 is 1.43. The van der Waals surface area contributed by atoms with E-state index in [0.717, 1.165) is 0 Å². The molecule has 0 fully saturated rings. The number of hydrogen-bond acceptors (Lipinski definition) is 3. The predicted octanol–water partition coefficient (Wildman–Crippen LogP) is 0.105. The Morgan fingerprint density at radius 2 is 2.29 bits per heavy atom. The molecule has 0 aliphatic heterocycles. The van der Waals surface area contributed by atoms with E-state index < -0.39 is 5.69 Å². The van der Waals surface area contributed by atoms with Gasteiger partial charge in [0.2, 0.25) is 0 Å². The lowest BCUT2D eigenvalue weighted by Gasteiger charge is -2.03. The molecule has 1 N–H and O–H groups in total. The lowest BCUT2D eigenvalue weighted by atomic mass is 10.3. The molecule has 0 amide bonds. The largest absolute Gasteiger partial charge is 0.329 e. The van der Waals surface area contributed by atoms with Gasteiger partial charge in [0.05, 0.1) is 5.39 Å². The Morgan fingerprint density at radius 1 is 1.50 bits per heavy atom. The van der Waals surface area contributed by atoms with Crippen molar-refractivity contribution in [1.29, 1.82) is 0 Å². The average molecular weight is 191 g/mol. The Balaban J connectivity index is 3.06. The summed E-state index contributed by atoms with van der Waals surface area (Å²) in [7, 11) is 0. The third kappa shape index (κ3) is 1.14. The van der Waals surface area contributed by atoms with E-state index in [-0.39, 0.29) is 5.56 Å². The number of hydrogen-bond donors (Lipinski definition) is 1. The molecule has 0 aliphatic carbocycles. The average Bonchev–Trinajstić information content (AvgIpc) is 2.18. The van der Waals surface area contributed by atoms with Crippen LogP contribution >= 0.6 is 0 Å². The molecule has 0 unspecified atom stereocenters. The van der Waals surface area contributed by atoms with Crippen LogP contribution in [0.1, 0.15) is 6.92 Å². The van der Waals surface area contributed by atoms with Crippen LogP contribution < -0.4 is 11.2 Å². The molecule has 0 aliphatic rings. The Labute approximate surface area is 79.0 Å². The minimum absolute atomic E-state index is 0.386. The predicted molar refractivity (Wildman–Crippen MR) is 52.3 cm³/mol. The third-order valence-corrected chi connectivity index (χ3v) is 2.07. The van der Waals surface area contributed by atoms with Crippen LogP contribution in [0.3, 0.4) is 0 Å². The topological polar surface area (TPSA) is 67.8 Å². The first-order chi connectivity index (χ1) is 6.74. The molecule has 2 aromatic heterocycles. The van der Waals surface area contributed by atoms with E-state index in [1.54, 1.807) is 18.3 Å². The van der Waals surface area contributed by atoms with Gasteiger partial charge in [-0.05, 0) is 19.1 Å². The number of pyridine rings is 1. The normalized spacial score (nSPS) is 10.6. The molecule has 2 heterocycles. The molecule has 0 atom stereocenters. The molecule has 0 saturated carbocycles. The highest BCUT2D eigenvalue weighted by atomic mass is 16.2. The van der Waals surface area contributed by atoms with E-state index in [0.29, 0.717) is 17.6 Å². The SMILES string of the molecule is CCn1c(=O)[nH]c(=O)c2cccnc21. The van der Waals surface area contributed by atoms with Crippen molar-refractivity contribution < 1.29 is 0 Å². The lowest BCUT2D eigenvalue weighted by Crippen LogP contribution is -2.30. The van der Waals surface area contributed by atoms with Gasteiger partial charge in [-0.2, -0.15) is 0 Å². The number of nitrogens with one attached hydrogen (secondary N) is 1. The molecule has 2 rings (SSSR count). The van der Waals surface area contributed by atoms with Crippen LogP contribution in [0.2, 0.25) is 0 Å². The number of fused-ring (bicyclic) bond motifs is 1. The fraction of sp³-hybridized carbons (Fsp3) is 0.222. The zero-order valence-electron chi connectivity index (χ0n) is 7.65. The summed E-state index contributed by atoms with van der Waals surface area (Å²) >= 11 is 0. The summed E-state index contributed by atoms with van der Waals surface area (Å²) in [5, 5.41) is 0.439. The van der Waals surface area contributed by atoms with Crippen molar-refractivity contribution >= 4 is 11.0 Å². The number of H-pyrrole nitrogens is 1. The van der Waals surface area contributed by atoms with Crippen molar-refractivity contribution in [2.75, 3.05) is 0 Å². The maximum atomic E-state index is 11.4. The Hall–Kier alpha value is -1.91. The Bertz CT molecular complexity index is 582. The maximum absolute atomic E-state index is 11.4. The molecule has 0 spiro atoms. The van der Waals surface area contributed by atoms with E-state index in [1.165, 1.54) is 4.57 Å². The van der Waals surface area contributed by atoms with Gasteiger partial charge in [-0.1, -0.05) is 0 Å². The molecule has 2 aromatic rings. The molecule has 0 bridgehead atoms. The number of aryl methyl sites for hydroxylation is 1. The Morgan fingerprint density at radius 3 is 3.00 bits per heavy atom. The number of rotatable bonds is 1. The first-order valence-electron chi connectivity index (χ1n) is 4.32. The van der Waals surface area contributed by atoms with Crippen molar-refractivity contribution in [2.24, 2.45) is 0 Å². The third-order valence-electron chi connectivity index (χ3n) is 2.07. The molecule has 0 saturated heterocycles. The van der Waals surface area contributed by atoms with Gasteiger partial charge in [0.15, 0.2) is 0 Å². The number of aromatic nitrogens is 3. The van der Waals surface area contributed by atoms with E-state index in [9.17, 15) is 9.59 Å². The highest BCUT2D eigenvalue weighted by Crippen LogP contribution is 2.01. The summed E-state index contributed by atoms with van der Waals surface area (Å²) in [6.07, 6.45) is 1.56. The van der Waals surface area contributed by atoms with Crippen molar-refractivity contribution in [3.8, 4) is 0 Å². The second-order valence-corrected chi connectivity index (χ2v) is 2.88. The summed E-state index contributed by atoms with van der Waals surface area (Å²) in [6, 6.07) is 3.31. The van der Waals surface area contributed by atoms with E-state index in [2.05, 4.69) is 9.97 Å². The highest BCUT2D eigenvalue weighted by molar-refractivity contribution is 5.73. The molecule has 72 valence electrons. The number of nitrogens with zero attached hydrogens (tertiary/aromatic N) is 2. The van der Waals surface area contributed by atoms with Gasteiger partial charge >= 0.3 is 5.69 Å². The van der Waals surface area contributed by atoms with Crippen molar-refractivity contribution in [3.05, 3.63) is 39.2 Å². The van der Waals surface area contributed by atoms with Gasteiger partial charge in [0.25, 0.3) is 5.56 Å². The van der Waals surface area contributed by atoms with Gasteiger partial charge in [-0.25, -0.2) is 9.78 Å². The minimum atomic E-state index is -0.413. The van der Waals surface area contributed by atoms with E-state index >= 15 is 0 Å². The first kappa shape index (κ1) is 8.68. The van der Waals surface area contributed by atoms with Crippen LogP contribution in [-0.4, -0.2) is 14.5 Å². The van der Waals surface area contributed by atoms with Gasteiger partial charge in [0, 0.05) is 12.7 Å². The van der Waals surface area contributed by atoms with Gasteiger partial charge in [-0.15, -0.1) is 0 Å². The zero-order valence-corrected chi connectivity index (χ0v) is 7.65. The van der Waals surface area contributed by atoms with Crippen LogP contribution in [0.15, 0.2) is 27.9 Å². The van der Waals surface area contributed by atoms with Crippen LogP contribution in [0.5, 0.6) is 0 Å². The summed E-state index contributed by atoms with van der Waals surface area (Å²) in [4.78, 5) is 29.0. The van der Waals surface area contributed by atoms with Gasteiger partial charge in [-0.3, -0.25) is 14.3 Å². The molecule has 5 heteroatoms. The van der Waals surface area contributed by atoms with Gasteiger partial charge < -0.3 is 0 Å². The summed E-state index contributed by atoms with van der Waals surface area (Å²) in [5.74, 6) is 0. The van der Waals surface area contributed by atoms with Crippen molar-refractivity contribution in [1.82, 2.24) is 14.5 Å². The van der Waals surface area contributed by atoms with Crippen molar-refractivity contribution in [3.63, 3.8) is 0 Å². The van der Waals surface area contributed by atoms with Gasteiger partial charge in [0.1, 0.15) is 5.65 Å². The second-order valence-electron chi connectivity index (χ2n) is 2.88. The van der Waals surface area contributed by atoms with Crippen LogP contribution in [0.25, 0.3) is 11.0 Å². The molecule has 0 radical (unpaired) electrons.